The lowest BCUT2D eigenvalue weighted by Gasteiger charge is -2.18. The molecule has 4 nitrogen and oxygen atoms in total. The van der Waals surface area contributed by atoms with Gasteiger partial charge in [-0.25, -0.2) is 0 Å². The van der Waals surface area contributed by atoms with Gasteiger partial charge in [-0.3, -0.25) is 4.79 Å². The maximum atomic E-state index is 12.0. The molecule has 1 heterocycles. The summed E-state index contributed by atoms with van der Waals surface area (Å²) in [6.07, 6.45) is 2.38. The first-order chi connectivity index (χ1) is 12.5. The molecular weight excluding hydrogens is 391 g/mol. The van der Waals surface area contributed by atoms with E-state index in [1.165, 1.54) is 12.8 Å². The number of likely N-dealkylation sites (tertiary alicyclic amines) is 1. The topological polar surface area (TPSA) is 41.6 Å². The van der Waals surface area contributed by atoms with Gasteiger partial charge in [0, 0.05) is 23.7 Å². The fourth-order valence-electron chi connectivity index (χ4n) is 2.72. The van der Waals surface area contributed by atoms with Crippen LogP contribution in [0.2, 0.25) is 10.0 Å². The van der Waals surface area contributed by atoms with Gasteiger partial charge in [-0.05, 0) is 55.3 Å². The molecule has 0 bridgehead atoms. The zero-order valence-electron chi connectivity index (χ0n) is 14.0. The predicted octanol–water partition coefficient (Wildman–Crippen LogP) is 4.78. The summed E-state index contributed by atoms with van der Waals surface area (Å²) in [6, 6.07) is 12.4. The van der Waals surface area contributed by atoms with E-state index < -0.39 is 0 Å². The number of rotatable bonds is 5. The molecule has 1 amide bonds. The molecule has 0 aliphatic carbocycles. The Bertz CT molecular complexity index is 806. The van der Waals surface area contributed by atoms with Crippen LogP contribution in [0.4, 0.5) is 5.69 Å². The predicted molar refractivity (Wildman–Crippen MR) is 110 cm³/mol. The van der Waals surface area contributed by atoms with E-state index in [0.29, 0.717) is 21.5 Å². The number of carbonyl (C=O) groups excluding carboxylic acids is 1. The molecule has 1 aliphatic heterocycles. The van der Waals surface area contributed by atoms with Gasteiger partial charge in [0.25, 0.3) is 5.91 Å². The third-order valence-corrected chi connectivity index (χ3v) is 5.11. The molecule has 136 valence electrons. The summed E-state index contributed by atoms with van der Waals surface area (Å²) >= 11 is 17.4. The third kappa shape index (κ3) is 4.87. The molecule has 1 N–H and O–H groups in total. The van der Waals surface area contributed by atoms with Crippen molar-refractivity contribution in [1.82, 2.24) is 4.90 Å². The van der Waals surface area contributed by atoms with Gasteiger partial charge in [-0.1, -0.05) is 35.4 Å². The van der Waals surface area contributed by atoms with Crippen molar-refractivity contribution in [3.05, 3.63) is 58.1 Å². The summed E-state index contributed by atoms with van der Waals surface area (Å²) in [7, 11) is 0. The van der Waals surface area contributed by atoms with Crippen LogP contribution in [0.25, 0.3) is 0 Å². The monoisotopic (exact) mass is 408 g/mol. The lowest BCUT2D eigenvalue weighted by atomic mass is 10.2. The van der Waals surface area contributed by atoms with Gasteiger partial charge in [0.15, 0.2) is 6.61 Å². The fraction of sp³-hybridized carbons (Fsp3) is 0.263. The van der Waals surface area contributed by atoms with E-state index in [2.05, 4.69) is 10.2 Å². The van der Waals surface area contributed by atoms with Crippen LogP contribution in [0, 0.1) is 0 Å². The van der Waals surface area contributed by atoms with Gasteiger partial charge in [-0.15, -0.1) is 0 Å². The van der Waals surface area contributed by atoms with Crippen molar-refractivity contribution >= 4 is 52.0 Å². The van der Waals surface area contributed by atoms with Crippen molar-refractivity contribution < 1.29 is 9.53 Å². The van der Waals surface area contributed by atoms with Crippen LogP contribution in [-0.4, -0.2) is 35.5 Å². The van der Waals surface area contributed by atoms with Crippen molar-refractivity contribution in [2.45, 2.75) is 12.8 Å². The minimum atomic E-state index is -0.300. The Morgan fingerprint density at radius 1 is 1.12 bits per heavy atom. The molecule has 1 saturated heterocycles. The smallest absolute Gasteiger partial charge is 0.262 e. The zero-order chi connectivity index (χ0) is 18.5. The van der Waals surface area contributed by atoms with Gasteiger partial charge in [0.1, 0.15) is 10.7 Å². The Labute approximate surface area is 168 Å². The Balaban J connectivity index is 1.52. The third-order valence-electron chi connectivity index (χ3n) is 4.07. The van der Waals surface area contributed by atoms with E-state index in [-0.39, 0.29) is 12.5 Å². The summed E-state index contributed by atoms with van der Waals surface area (Å²) in [5.41, 5.74) is 1.49. The number of amides is 1. The van der Waals surface area contributed by atoms with Gasteiger partial charge < -0.3 is 15.0 Å². The Kier molecular flexibility index (Phi) is 6.35. The molecule has 0 unspecified atom stereocenters. The number of anilines is 1. The average molecular weight is 409 g/mol. The van der Waals surface area contributed by atoms with Gasteiger partial charge in [0.05, 0.1) is 10.7 Å². The van der Waals surface area contributed by atoms with Gasteiger partial charge >= 0.3 is 0 Å². The molecule has 0 spiro atoms. The molecule has 0 atom stereocenters. The number of benzene rings is 2. The number of nitrogens with one attached hydrogen (secondary N) is 1. The van der Waals surface area contributed by atoms with E-state index in [9.17, 15) is 4.79 Å². The largest absolute Gasteiger partial charge is 0.484 e. The highest BCUT2D eigenvalue weighted by atomic mass is 35.5. The molecule has 3 rings (SSSR count). The van der Waals surface area contributed by atoms with Gasteiger partial charge in [0.2, 0.25) is 0 Å². The second kappa shape index (κ2) is 8.71. The van der Waals surface area contributed by atoms with Crippen molar-refractivity contribution in [2.24, 2.45) is 0 Å². The number of carbonyl (C=O) groups is 1. The standard InChI is InChI=1S/C19H18Cl2N2O2S/c20-14-5-8-17(16(21)11-14)22-18(24)12-25-15-6-3-13(4-7-15)19(26)23-9-1-2-10-23/h3-8,11H,1-2,9-10,12H2,(H,22,24). The minimum absolute atomic E-state index is 0.116. The molecule has 0 aromatic heterocycles. The number of nitrogens with zero attached hydrogens (tertiary/aromatic N) is 1. The van der Waals surface area contributed by atoms with Crippen molar-refractivity contribution in [2.75, 3.05) is 25.0 Å². The van der Waals surface area contributed by atoms with Crippen LogP contribution in [0.1, 0.15) is 18.4 Å². The SMILES string of the molecule is O=C(COc1ccc(C(=S)N2CCCC2)cc1)Nc1ccc(Cl)cc1Cl. The second-order valence-electron chi connectivity index (χ2n) is 5.98. The molecule has 2 aromatic rings. The minimum Gasteiger partial charge on any atom is -0.484 e. The average Bonchev–Trinajstić information content (AvgIpc) is 3.17. The first-order valence-corrected chi connectivity index (χ1v) is 9.46. The number of halogens is 2. The summed E-state index contributed by atoms with van der Waals surface area (Å²) in [5.74, 6) is 0.307. The summed E-state index contributed by atoms with van der Waals surface area (Å²) in [5, 5.41) is 3.58. The van der Waals surface area contributed by atoms with Crippen molar-refractivity contribution in [3.63, 3.8) is 0 Å². The first-order valence-electron chi connectivity index (χ1n) is 8.30. The fourth-order valence-corrected chi connectivity index (χ4v) is 3.50. The van der Waals surface area contributed by atoms with E-state index >= 15 is 0 Å². The molecule has 0 radical (unpaired) electrons. The molecule has 1 fully saturated rings. The van der Waals surface area contributed by atoms with E-state index in [1.54, 1.807) is 18.2 Å². The second-order valence-corrected chi connectivity index (χ2v) is 7.22. The quantitative estimate of drug-likeness (QED) is 0.722. The Hall–Kier alpha value is -1.82. The molecule has 7 heteroatoms. The number of ether oxygens (including phenoxy) is 1. The molecule has 1 aliphatic rings. The molecule has 0 saturated carbocycles. The maximum Gasteiger partial charge on any atom is 0.262 e. The van der Waals surface area contributed by atoms with Crippen LogP contribution in [0.3, 0.4) is 0 Å². The Morgan fingerprint density at radius 2 is 1.81 bits per heavy atom. The van der Waals surface area contributed by atoms with Gasteiger partial charge in [-0.2, -0.15) is 0 Å². The molecular formula is C19H18Cl2N2O2S. The highest BCUT2D eigenvalue weighted by Gasteiger charge is 2.16. The first kappa shape index (κ1) is 19.0. The Morgan fingerprint density at radius 3 is 2.46 bits per heavy atom. The number of hydrogen-bond donors (Lipinski definition) is 1. The molecule has 26 heavy (non-hydrogen) atoms. The van der Waals surface area contributed by atoms with E-state index in [4.69, 9.17) is 40.2 Å². The lowest BCUT2D eigenvalue weighted by Crippen LogP contribution is -2.26. The summed E-state index contributed by atoms with van der Waals surface area (Å²) in [6.45, 7) is 1.92. The zero-order valence-corrected chi connectivity index (χ0v) is 16.3. The van der Waals surface area contributed by atoms with Crippen LogP contribution in [-0.2, 0) is 4.79 Å². The highest BCUT2D eigenvalue weighted by Crippen LogP contribution is 2.25. The maximum absolute atomic E-state index is 12.0. The van der Waals surface area contributed by atoms with Crippen molar-refractivity contribution in [1.29, 1.82) is 0 Å². The number of thiocarbonyl (C=S) groups is 1. The summed E-state index contributed by atoms with van der Waals surface area (Å²) < 4.78 is 5.53. The van der Waals surface area contributed by atoms with Crippen LogP contribution < -0.4 is 10.1 Å². The highest BCUT2D eigenvalue weighted by molar-refractivity contribution is 7.80. The van der Waals surface area contributed by atoms with Crippen LogP contribution in [0.15, 0.2) is 42.5 Å². The van der Waals surface area contributed by atoms with E-state index in [1.807, 2.05) is 24.3 Å². The normalized spacial score (nSPS) is 13.5. The molecule has 2 aromatic carbocycles. The van der Waals surface area contributed by atoms with Crippen LogP contribution in [0.5, 0.6) is 5.75 Å². The lowest BCUT2D eigenvalue weighted by molar-refractivity contribution is -0.118. The van der Waals surface area contributed by atoms with Crippen LogP contribution >= 0.6 is 35.4 Å². The number of hydrogen-bond acceptors (Lipinski definition) is 3. The van der Waals surface area contributed by atoms with E-state index in [0.717, 1.165) is 23.6 Å². The van der Waals surface area contributed by atoms with Crippen molar-refractivity contribution in [3.8, 4) is 5.75 Å². The summed E-state index contributed by atoms with van der Waals surface area (Å²) in [4.78, 5) is 15.1.